The Labute approximate surface area is 157 Å². The second-order valence-corrected chi connectivity index (χ2v) is 6.82. The van der Waals surface area contributed by atoms with E-state index in [4.69, 9.17) is 4.74 Å². The summed E-state index contributed by atoms with van der Waals surface area (Å²) in [6, 6.07) is 6.01. The zero-order chi connectivity index (χ0) is 19.4. The minimum atomic E-state index is -0.581. The van der Waals surface area contributed by atoms with Crippen LogP contribution in [-0.4, -0.2) is 30.7 Å². The molecule has 0 saturated carbocycles. The summed E-state index contributed by atoms with van der Waals surface area (Å²) < 4.78 is 20.4. The molecule has 3 rings (SSSR count). The molecular formula is C20H24FN3O3. The first-order valence-electron chi connectivity index (χ1n) is 9.06. The molecule has 0 bridgehead atoms. The van der Waals surface area contributed by atoms with Crippen molar-refractivity contribution in [1.29, 1.82) is 0 Å². The fraction of sp³-hybridized carbons (Fsp3) is 0.400. The molecule has 1 aliphatic rings. The van der Waals surface area contributed by atoms with Gasteiger partial charge < -0.3 is 19.9 Å². The van der Waals surface area contributed by atoms with Gasteiger partial charge in [0.25, 0.3) is 11.5 Å². The number of benzene rings is 1. The fourth-order valence-electron chi connectivity index (χ4n) is 3.44. The largest absolute Gasteiger partial charge is 0.492 e. The van der Waals surface area contributed by atoms with Gasteiger partial charge in [0.15, 0.2) is 11.6 Å². The van der Waals surface area contributed by atoms with Gasteiger partial charge >= 0.3 is 0 Å². The Morgan fingerprint density at radius 3 is 2.93 bits per heavy atom. The Balaban J connectivity index is 1.87. The van der Waals surface area contributed by atoms with Gasteiger partial charge in [-0.15, -0.1) is 0 Å². The van der Waals surface area contributed by atoms with Crippen molar-refractivity contribution in [2.75, 3.05) is 25.5 Å². The lowest BCUT2D eigenvalue weighted by Gasteiger charge is -2.23. The van der Waals surface area contributed by atoms with Gasteiger partial charge in [-0.05, 0) is 62.5 Å². The van der Waals surface area contributed by atoms with Gasteiger partial charge in [-0.3, -0.25) is 9.59 Å². The van der Waals surface area contributed by atoms with E-state index in [1.807, 2.05) is 0 Å². The summed E-state index contributed by atoms with van der Waals surface area (Å²) in [4.78, 5) is 25.7. The van der Waals surface area contributed by atoms with Crippen molar-refractivity contribution in [3.8, 4) is 5.75 Å². The third kappa shape index (κ3) is 4.19. The number of carbonyl (C=O) groups is 1. The van der Waals surface area contributed by atoms with E-state index in [9.17, 15) is 14.0 Å². The number of hydrogen-bond donors (Lipinski definition) is 2. The zero-order valence-electron chi connectivity index (χ0n) is 15.5. The Kier molecular flexibility index (Phi) is 5.91. The van der Waals surface area contributed by atoms with Crippen LogP contribution < -0.4 is 20.9 Å². The van der Waals surface area contributed by atoms with Crippen molar-refractivity contribution in [3.05, 3.63) is 57.8 Å². The number of para-hydroxylation sites is 1. The van der Waals surface area contributed by atoms with Crippen LogP contribution in [0.4, 0.5) is 10.1 Å². The second kappa shape index (κ2) is 8.35. The first-order valence-corrected chi connectivity index (χ1v) is 9.06. The van der Waals surface area contributed by atoms with Gasteiger partial charge in [-0.2, -0.15) is 0 Å². The van der Waals surface area contributed by atoms with Crippen LogP contribution in [0, 0.1) is 18.7 Å². The summed E-state index contributed by atoms with van der Waals surface area (Å²) in [5.74, 6) is -0.855. The van der Waals surface area contributed by atoms with Gasteiger partial charge in [0, 0.05) is 12.7 Å². The summed E-state index contributed by atoms with van der Waals surface area (Å²) in [6.07, 6.45) is 3.86. The van der Waals surface area contributed by atoms with Crippen molar-refractivity contribution < 1.29 is 13.9 Å². The van der Waals surface area contributed by atoms with Crippen molar-refractivity contribution in [2.24, 2.45) is 5.92 Å². The van der Waals surface area contributed by atoms with Crippen molar-refractivity contribution in [3.63, 3.8) is 0 Å². The smallest absolute Gasteiger partial charge is 0.263 e. The molecule has 1 aromatic heterocycles. The number of hydrogen-bond acceptors (Lipinski definition) is 4. The van der Waals surface area contributed by atoms with Gasteiger partial charge in [0.1, 0.15) is 5.56 Å². The molecule has 2 aromatic rings. The summed E-state index contributed by atoms with van der Waals surface area (Å²) in [5, 5.41) is 5.93. The number of methoxy groups -OCH3 is 1. The number of amides is 1. The summed E-state index contributed by atoms with van der Waals surface area (Å²) >= 11 is 0. The molecule has 2 heterocycles. The fourth-order valence-corrected chi connectivity index (χ4v) is 3.44. The Hall–Kier alpha value is -2.67. The maximum atomic E-state index is 13.8. The van der Waals surface area contributed by atoms with Crippen LogP contribution in [0.25, 0.3) is 0 Å². The van der Waals surface area contributed by atoms with Crippen LogP contribution in [-0.2, 0) is 6.54 Å². The summed E-state index contributed by atoms with van der Waals surface area (Å²) in [7, 11) is 1.33. The number of aromatic nitrogens is 1. The molecule has 1 fully saturated rings. The first-order chi connectivity index (χ1) is 13.0. The number of halogens is 1. The van der Waals surface area contributed by atoms with Crippen molar-refractivity contribution >= 4 is 11.6 Å². The monoisotopic (exact) mass is 373 g/mol. The van der Waals surface area contributed by atoms with E-state index in [1.54, 1.807) is 23.8 Å². The standard InChI is InChI=1S/C20H24FN3O3/c1-13-8-10-24(12-14-5-4-9-22-11-14)20(26)17(13)19(25)23-16-7-3-6-15(21)18(16)27-2/h3,6-8,10,14,22H,4-5,9,11-12H2,1-2H3,(H,23,25). The maximum absolute atomic E-state index is 13.8. The third-order valence-corrected chi connectivity index (χ3v) is 4.87. The predicted molar refractivity (Wildman–Crippen MR) is 102 cm³/mol. The molecule has 1 saturated heterocycles. The SMILES string of the molecule is COc1c(F)cccc1NC(=O)c1c(C)ccn(CC2CCCNC2)c1=O. The van der Waals surface area contributed by atoms with Crippen LogP contribution in [0.2, 0.25) is 0 Å². The topological polar surface area (TPSA) is 72.4 Å². The minimum absolute atomic E-state index is 0.0620. The number of rotatable bonds is 5. The normalized spacial score (nSPS) is 16.8. The second-order valence-electron chi connectivity index (χ2n) is 6.82. The lowest BCUT2D eigenvalue weighted by atomic mass is 9.99. The van der Waals surface area contributed by atoms with Crippen LogP contribution in [0.3, 0.4) is 0 Å². The number of nitrogens with one attached hydrogen (secondary N) is 2. The lowest BCUT2D eigenvalue weighted by molar-refractivity contribution is 0.102. The highest BCUT2D eigenvalue weighted by molar-refractivity contribution is 6.05. The number of anilines is 1. The van der Waals surface area contributed by atoms with Gasteiger partial charge in [0.05, 0.1) is 12.8 Å². The lowest BCUT2D eigenvalue weighted by Crippen LogP contribution is -2.36. The predicted octanol–water partition coefficient (Wildman–Crippen LogP) is 2.56. The number of ether oxygens (including phenoxy) is 1. The Bertz CT molecular complexity index is 889. The molecule has 7 heteroatoms. The van der Waals surface area contributed by atoms with Crippen molar-refractivity contribution in [2.45, 2.75) is 26.3 Å². The highest BCUT2D eigenvalue weighted by Gasteiger charge is 2.20. The number of aryl methyl sites for hydroxylation is 1. The third-order valence-electron chi connectivity index (χ3n) is 4.87. The van der Waals surface area contributed by atoms with E-state index in [2.05, 4.69) is 10.6 Å². The molecule has 0 spiro atoms. The van der Waals surface area contributed by atoms with E-state index in [1.165, 1.54) is 25.3 Å². The van der Waals surface area contributed by atoms with Gasteiger partial charge in [0.2, 0.25) is 0 Å². The van der Waals surface area contributed by atoms with E-state index < -0.39 is 11.7 Å². The molecule has 0 aliphatic carbocycles. The average molecular weight is 373 g/mol. The maximum Gasteiger partial charge on any atom is 0.263 e. The molecule has 0 radical (unpaired) electrons. The number of pyridine rings is 1. The van der Waals surface area contributed by atoms with E-state index in [0.29, 0.717) is 18.0 Å². The molecule has 1 atom stereocenters. The highest BCUT2D eigenvalue weighted by atomic mass is 19.1. The molecule has 1 aromatic carbocycles. The van der Waals surface area contributed by atoms with E-state index >= 15 is 0 Å². The quantitative estimate of drug-likeness (QED) is 0.845. The van der Waals surface area contributed by atoms with Crippen LogP contribution in [0.5, 0.6) is 5.75 Å². The zero-order valence-corrected chi connectivity index (χ0v) is 15.5. The Morgan fingerprint density at radius 1 is 1.41 bits per heavy atom. The Morgan fingerprint density at radius 2 is 2.22 bits per heavy atom. The number of nitrogens with zero attached hydrogens (tertiary/aromatic N) is 1. The molecule has 1 amide bonds. The molecule has 2 N–H and O–H groups in total. The van der Waals surface area contributed by atoms with E-state index in [-0.39, 0.29) is 22.6 Å². The number of piperidine rings is 1. The van der Waals surface area contributed by atoms with E-state index in [0.717, 1.165) is 25.9 Å². The first kappa shape index (κ1) is 19.1. The van der Waals surface area contributed by atoms with Crippen LogP contribution in [0.15, 0.2) is 35.3 Å². The molecular weight excluding hydrogens is 349 g/mol. The molecule has 27 heavy (non-hydrogen) atoms. The minimum Gasteiger partial charge on any atom is -0.492 e. The van der Waals surface area contributed by atoms with Crippen LogP contribution >= 0.6 is 0 Å². The average Bonchev–Trinajstić information content (AvgIpc) is 2.65. The molecule has 144 valence electrons. The van der Waals surface area contributed by atoms with Gasteiger partial charge in [-0.25, -0.2) is 4.39 Å². The summed E-state index contributed by atoms with van der Waals surface area (Å²) in [5.41, 5.74) is 0.486. The van der Waals surface area contributed by atoms with Gasteiger partial charge in [-0.1, -0.05) is 6.07 Å². The number of carbonyl (C=O) groups excluding carboxylic acids is 1. The van der Waals surface area contributed by atoms with Crippen LogP contribution in [0.1, 0.15) is 28.8 Å². The molecule has 1 unspecified atom stereocenters. The summed E-state index contributed by atoms with van der Waals surface area (Å²) in [6.45, 7) is 4.14. The molecule has 6 nitrogen and oxygen atoms in total. The van der Waals surface area contributed by atoms with Crippen molar-refractivity contribution in [1.82, 2.24) is 9.88 Å². The highest BCUT2D eigenvalue weighted by Crippen LogP contribution is 2.27. The molecule has 1 aliphatic heterocycles.